The summed E-state index contributed by atoms with van der Waals surface area (Å²) in [4.78, 5) is 47.1. The molecule has 1 fully saturated rings. The number of benzene rings is 1. The fraction of sp³-hybridized carbons (Fsp3) is 0.435. The number of nitrogens with zero attached hydrogens (tertiary/aromatic N) is 4. The fourth-order valence-corrected chi connectivity index (χ4v) is 4.58. The summed E-state index contributed by atoms with van der Waals surface area (Å²) in [5.74, 6) is -0.647. The number of methoxy groups -OCH3 is 1. The molecule has 0 bridgehead atoms. The van der Waals surface area contributed by atoms with E-state index in [1.807, 2.05) is 0 Å². The van der Waals surface area contributed by atoms with Crippen molar-refractivity contribution in [2.45, 2.75) is 43.9 Å². The molecule has 3 aromatic rings. The van der Waals surface area contributed by atoms with Crippen molar-refractivity contribution in [1.82, 2.24) is 24.8 Å². The van der Waals surface area contributed by atoms with Gasteiger partial charge in [-0.3, -0.25) is 18.4 Å². The van der Waals surface area contributed by atoms with E-state index in [1.54, 1.807) is 24.3 Å². The Morgan fingerprint density at radius 2 is 1.95 bits per heavy atom. The molecular weight excluding hydrogens is 551 g/mol. The average molecular weight is 580 g/mol. The predicted octanol–water partition coefficient (Wildman–Crippen LogP) is 0.0980. The van der Waals surface area contributed by atoms with Crippen LogP contribution in [-0.4, -0.2) is 86.6 Å². The minimum absolute atomic E-state index is 0.0720. The Bertz CT molecular complexity index is 1400. The second-order valence-electron chi connectivity index (χ2n) is 8.79. The number of nitrogen functional groups attached to an aromatic ring is 1. The highest BCUT2D eigenvalue weighted by Gasteiger charge is 2.49. The number of nitrogens with two attached hydrogens (primary N) is 1. The average Bonchev–Trinajstić information content (AvgIpc) is 3.49. The van der Waals surface area contributed by atoms with E-state index in [1.165, 1.54) is 31.3 Å². The molecule has 3 heterocycles. The van der Waals surface area contributed by atoms with Crippen molar-refractivity contribution in [3.8, 4) is 5.75 Å². The lowest BCUT2D eigenvalue weighted by molar-refractivity contribution is -0.161. The van der Waals surface area contributed by atoms with Gasteiger partial charge in [0.05, 0.1) is 20.0 Å². The first kappa shape index (κ1) is 29.3. The topological polar surface area (TPSA) is 219 Å². The van der Waals surface area contributed by atoms with Crippen LogP contribution in [-0.2, 0) is 39.1 Å². The summed E-state index contributed by atoms with van der Waals surface area (Å²) in [6.45, 7) is 0.667. The quantitative estimate of drug-likeness (QED) is 0.175. The van der Waals surface area contributed by atoms with Crippen LogP contribution >= 0.6 is 7.82 Å². The van der Waals surface area contributed by atoms with Gasteiger partial charge in [-0.2, -0.15) is 0 Å². The second kappa shape index (κ2) is 12.2. The summed E-state index contributed by atoms with van der Waals surface area (Å²) in [7, 11) is -1.91. The Morgan fingerprint density at radius 1 is 1.23 bits per heavy atom. The van der Waals surface area contributed by atoms with Crippen molar-refractivity contribution in [1.29, 1.82) is 0 Å². The van der Waals surface area contributed by atoms with Gasteiger partial charge in [0.25, 0.3) is 0 Å². The Balaban J connectivity index is 1.62. The van der Waals surface area contributed by atoms with Crippen molar-refractivity contribution in [2.24, 2.45) is 0 Å². The van der Waals surface area contributed by atoms with Crippen LogP contribution in [0.15, 0.2) is 36.9 Å². The van der Waals surface area contributed by atoms with Gasteiger partial charge in [0, 0.05) is 20.5 Å². The van der Waals surface area contributed by atoms with Crippen LogP contribution in [0.3, 0.4) is 0 Å². The molecule has 4 rings (SSSR count). The zero-order valence-corrected chi connectivity index (χ0v) is 22.6. The lowest BCUT2D eigenvalue weighted by Crippen LogP contribution is -2.46. The van der Waals surface area contributed by atoms with E-state index >= 15 is 0 Å². The van der Waals surface area contributed by atoms with Crippen LogP contribution in [0.25, 0.3) is 11.2 Å². The van der Waals surface area contributed by atoms with Crippen molar-refractivity contribution in [2.75, 3.05) is 26.6 Å². The number of aliphatic hydroxyl groups is 1. The van der Waals surface area contributed by atoms with Gasteiger partial charge in [0.2, 0.25) is 5.91 Å². The molecule has 5 N–H and O–H groups in total. The largest absolute Gasteiger partial charge is 0.497 e. The molecule has 1 aliphatic rings. The van der Waals surface area contributed by atoms with Crippen LogP contribution in [0.4, 0.5) is 5.82 Å². The molecule has 1 saturated heterocycles. The van der Waals surface area contributed by atoms with Crippen molar-refractivity contribution in [3.05, 3.63) is 42.5 Å². The first-order valence-electron chi connectivity index (χ1n) is 11.9. The van der Waals surface area contributed by atoms with Crippen LogP contribution in [0.5, 0.6) is 5.75 Å². The number of aliphatic hydroxyl groups excluding tert-OH is 1. The standard InChI is InChI=1S/C23H29N6O10P/c1-12(30)28-15(8-13-4-6-14(35-2)7-5-13)23(32)39-19-18(31)16(9-37-40(33,34)36-3)38-22(19)29-11-27-17-20(24)25-10-26-21(17)29/h4-7,10-11,15-16,18-19,22,31H,8-9H2,1-3H3,(H,28,30)(H,33,34)(H2,24,25,26)/t15?,16-,18-,19-,22-/m1/s1. The van der Waals surface area contributed by atoms with Gasteiger partial charge < -0.3 is 35.3 Å². The second-order valence-corrected chi connectivity index (χ2v) is 10.4. The zero-order chi connectivity index (χ0) is 29.0. The highest BCUT2D eigenvalue weighted by molar-refractivity contribution is 7.47. The van der Waals surface area contributed by atoms with Crippen LogP contribution in [0.2, 0.25) is 0 Å². The fourth-order valence-electron chi connectivity index (χ4n) is 4.14. The molecular formula is C23H29N6O10P. The normalized spacial score (nSPS) is 22.9. The van der Waals surface area contributed by atoms with E-state index in [0.29, 0.717) is 11.3 Å². The summed E-state index contributed by atoms with van der Waals surface area (Å²) in [6.07, 6.45) is -2.80. The number of ether oxygens (including phenoxy) is 3. The molecule has 17 heteroatoms. The van der Waals surface area contributed by atoms with E-state index in [-0.39, 0.29) is 23.4 Å². The minimum Gasteiger partial charge on any atom is -0.497 e. The molecule has 40 heavy (non-hydrogen) atoms. The number of anilines is 1. The number of rotatable bonds is 11. The SMILES string of the molecule is COc1ccc(CC(NC(C)=O)C(=O)O[C@@H]2[C@H](O)[C@@H](COP(=O)(O)OC)O[C@H]2n2cnc3c(N)ncnc32)cc1. The highest BCUT2D eigenvalue weighted by atomic mass is 31.2. The smallest absolute Gasteiger partial charge is 0.472 e. The van der Waals surface area contributed by atoms with Gasteiger partial charge in [-0.15, -0.1) is 0 Å². The zero-order valence-electron chi connectivity index (χ0n) is 21.7. The summed E-state index contributed by atoms with van der Waals surface area (Å²) in [6, 6.07) is 5.75. The maximum atomic E-state index is 13.4. The Hall–Kier alpha value is -3.66. The highest BCUT2D eigenvalue weighted by Crippen LogP contribution is 2.43. The molecule has 2 unspecified atom stereocenters. The molecule has 1 aliphatic heterocycles. The molecule has 16 nitrogen and oxygen atoms in total. The summed E-state index contributed by atoms with van der Waals surface area (Å²) < 4.78 is 39.3. The maximum absolute atomic E-state index is 13.4. The number of phosphoric acid groups is 1. The number of aromatic nitrogens is 4. The summed E-state index contributed by atoms with van der Waals surface area (Å²) in [5.41, 5.74) is 7.04. The minimum atomic E-state index is -4.41. The lowest BCUT2D eigenvalue weighted by Gasteiger charge is -2.25. The number of phosphoric ester groups is 1. The van der Waals surface area contributed by atoms with E-state index in [4.69, 9.17) is 24.5 Å². The molecule has 0 aliphatic carbocycles. The van der Waals surface area contributed by atoms with Gasteiger partial charge in [-0.05, 0) is 17.7 Å². The van der Waals surface area contributed by atoms with Crippen molar-refractivity contribution in [3.63, 3.8) is 0 Å². The molecule has 216 valence electrons. The molecule has 6 atom stereocenters. The maximum Gasteiger partial charge on any atom is 0.472 e. The third-order valence-corrected chi connectivity index (χ3v) is 7.06. The number of carbonyl (C=O) groups is 2. The van der Waals surface area contributed by atoms with Gasteiger partial charge in [-0.25, -0.2) is 24.3 Å². The first-order valence-corrected chi connectivity index (χ1v) is 13.4. The third kappa shape index (κ3) is 6.55. The van der Waals surface area contributed by atoms with Gasteiger partial charge in [0.1, 0.15) is 35.8 Å². The van der Waals surface area contributed by atoms with E-state index in [9.17, 15) is 24.2 Å². The summed E-state index contributed by atoms with van der Waals surface area (Å²) >= 11 is 0. The molecule has 0 radical (unpaired) electrons. The number of nitrogens with one attached hydrogen (secondary N) is 1. The monoisotopic (exact) mass is 580 g/mol. The van der Waals surface area contributed by atoms with Crippen molar-refractivity contribution < 1.29 is 47.4 Å². The molecule has 1 amide bonds. The van der Waals surface area contributed by atoms with Gasteiger partial charge in [0.15, 0.2) is 23.8 Å². The molecule has 0 saturated carbocycles. The number of esters is 1. The predicted molar refractivity (Wildman–Crippen MR) is 137 cm³/mol. The van der Waals surface area contributed by atoms with E-state index in [2.05, 4.69) is 24.8 Å². The lowest BCUT2D eigenvalue weighted by atomic mass is 10.1. The Morgan fingerprint density at radius 3 is 2.60 bits per heavy atom. The molecule has 2 aromatic heterocycles. The van der Waals surface area contributed by atoms with Crippen molar-refractivity contribution >= 4 is 36.7 Å². The first-order chi connectivity index (χ1) is 19.0. The van der Waals surface area contributed by atoms with E-state index < -0.39 is 56.9 Å². The number of imidazole rings is 1. The van der Waals surface area contributed by atoms with Crippen LogP contribution in [0, 0.1) is 0 Å². The Labute approximate surface area is 228 Å². The number of carbonyl (C=O) groups excluding carboxylic acids is 2. The van der Waals surface area contributed by atoms with Gasteiger partial charge in [-0.1, -0.05) is 12.1 Å². The number of hydrogen-bond donors (Lipinski definition) is 4. The third-order valence-electron chi connectivity index (χ3n) is 6.12. The number of fused-ring (bicyclic) bond motifs is 1. The van der Waals surface area contributed by atoms with Crippen LogP contribution < -0.4 is 15.8 Å². The number of amides is 1. The number of hydrogen-bond acceptors (Lipinski definition) is 13. The Kier molecular flexibility index (Phi) is 8.98. The molecule has 1 aromatic carbocycles. The van der Waals surface area contributed by atoms with E-state index in [0.717, 1.165) is 7.11 Å². The van der Waals surface area contributed by atoms with Crippen LogP contribution in [0.1, 0.15) is 18.7 Å². The molecule has 0 spiro atoms. The van der Waals surface area contributed by atoms with Gasteiger partial charge >= 0.3 is 13.8 Å². The summed E-state index contributed by atoms with van der Waals surface area (Å²) in [5, 5.41) is 13.6.